The van der Waals surface area contributed by atoms with E-state index in [1.54, 1.807) is 0 Å². The molecule has 0 fully saturated rings. The maximum absolute atomic E-state index is 6.34. The fourth-order valence-electron chi connectivity index (χ4n) is 6.29. The van der Waals surface area contributed by atoms with Crippen LogP contribution in [0.5, 0.6) is 0 Å². The number of benzene rings is 6. The van der Waals surface area contributed by atoms with Crippen molar-refractivity contribution in [3.8, 4) is 39.9 Å². The molecule has 0 saturated carbocycles. The van der Waals surface area contributed by atoms with Crippen molar-refractivity contribution in [3.05, 3.63) is 145 Å². The minimum absolute atomic E-state index is 0.580. The third-order valence-electron chi connectivity index (χ3n) is 8.55. The normalized spacial score (nSPS) is 11.7. The van der Waals surface area contributed by atoms with Crippen LogP contribution >= 0.6 is 0 Å². The Morgan fingerprint density at radius 1 is 0.444 bits per heavy atom. The number of para-hydroxylation sites is 2. The minimum Gasteiger partial charge on any atom is -0.456 e. The van der Waals surface area contributed by atoms with Gasteiger partial charge in [0.25, 0.3) is 0 Å². The topological polar surface area (TPSA) is 56.7 Å². The van der Waals surface area contributed by atoms with Gasteiger partial charge >= 0.3 is 0 Å². The molecule has 9 aromatic rings. The van der Waals surface area contributed by atoms with Gasteiger partial charge in [0.2, 0.25) is 5.95 Å². The molecule has 0 spiro atoms. The molecule has 0 bridgehead atoms. The van der Waals surface area contributed by atoms with Gasteiger partial charge in [-0.05, 0) is 60.5 Å². The van der Waals surface area contributed by atoms with E-state index in [1.165, 1.54) is 11.1 Å². The second kappa shape index (κ2) is 10.00. The molecule has 3 aromatic heterocycles. The number of aromatic nitrogens is 4. The van der Waals surface area contributed by atoms with Gasteiger partial charge in [-0.15, -0.1) is 0 Å². The van der Waals surface area contributed by atoms with Gasteiger partial charge in [-0.2, -0.15) is 9.97 Å². The molecule has 0 aliphatic rings. The first-order chi connectivity index (χ1) is 22.2. The molecule has 0 atom stereocenters. The molecule has 212 valence electrons. The first kappa shape index (κ1) is 25.4. The zero-order valence-corrected chi connectivity index (χ0v) is 24.5. The van der Waals surface area contributed by atoms with E-state index in [0.717, 1.165) is 60.4 Å². The van der Waals surface area contributed by atoms with Gasteiger partial charge in [0.15, 0.2) is 11.6 Å². The van der Waals surface area contributed by atoms with Gasteiger partial charge in [0.1, 0.15) is 11.2 Å². The molecule has 0 aliphatic heterocycles. The Balaban J connectivity index is 1.24. The molecule has 5 heteroatoms. The summed E-state index contributed by atoms with van der Waals surface area (Å²) >= 11 is 0. The van der Waals surface area contributed by atoms with E-state index in [9.17, 15) is 0 Å². The molecule has 6 aromatic carbocycles. The Hall–Kier alpha value is -6.07. The average molecular weight is 579 g/mol. The lowest BCUT2D eigenvalue weighted by atomic mass is 10.0. The fraction of sp³-hybridized carbons (Fsp3) is 0.0250. The van der Waals surface area contributed by atoms with E-state index < -0.39 is 0 Å². The number of furan rings is 1. The SMILES string of the molecule is Cc1ccc(-c2ccc3c(c2)oc2ccc(-c4nc(-c5ccccc5)nc(-n5c6ccccc6c6ccccc65)n4)cc23)cc1. The van der Waals surface area contributed by atoms with Crippen molar-refractivity contribution in [1.29, 1.82) is 0 Å². The predicted molar refractivity (Wildman–Crippen MR) is 182 cm³/mol. The quantitative estimate of drug-likeness (QED) is 0.208. The standard InChI is InChI=1S/C40H26N4O/c1-25-15-17-26(18-16-25)28-19-21-32-33-23-29(20-22-36(33)45-37(32)24-28)39-41-38(27-9-3-2-4-10-27)42-40(43-39)44-34-13-7-5-11-30(34)31-12-6-8-14-35(31)44/h2-24H,1H3. The molecule has 5 nitrogen and oxygen atoms in total. The lowest BCUT2D eigenvalue weighted by Crippen LogP contribution is -2.06. The highest BCUT2D eigenvalue weighted by molar-refractivity contribution is 6.09. The van der Waals surface area contributed by atoms with E-state index in [4.69, 9.17) is 19.4 Å². The molecule has 0 saturated heterocycles. The summed E-state index contributed by atoms with van der Waals surface area (Å²) in [7, 11) is 0. The Labute approximate surface area is 259 Å². The van der Waals surface area contributed by atoms with E-state index in [0.29, 0.717) is 17.6 Å². The molecule has 0 aliphatic carbocycles. The average Bonchev–Trinajstić information content (AvgIpc) is 3.64. The van der Waals surface area contributed by atoms with E-state index in [1.807, 2.05) is 42.5 Å². The summed E-state index contributed by atoms with van der Waals surface area (Å²) in [6.45, 7) is 2.10. The molecule has 45 heavy (non-hydrogen) atoms. The van der Waals surface area contributed by atoms with Gasteiger partial charge in [-0.3, -0.25) is 4.57 Å². The second-order valence-corrected chi connectivity index (χ2v) is 11.4. The molecule has 0 unspecified atom stereocenters. The lowest BCUT2D eigenvalue weighted by molar-refractivity contribution is 0.669. The number of nitrogens with zero attached hydrogens (tertiary/aromatic N) is 4. The van der Waals surface area contributed by atoms with Gasteiger partial charge in [0, 0.05) is 32.7 Å². The first-order valence-electron chi connectivity index (χ1n) is 15.0. The second-order valence-electron chi connectivity index (χ2n) is 11.4. The first-order valence-corrected chi connectivity index (χ1v) is 15.0. The Morgan fingerprint density at radius 3 is 1.80 bits per heavy atom. The largest absolute Gasteiger partial charge is 0.456 e. The van der Waals surface area contributed by atoms with Crippen molar-refractivity contribution < 1.29 is 4.42 Å². The summed E-state index contributed by atoms with van der Waals surface area (Å²) in [6.07, 6.45) is 0. The molecular formula is C40H26N4O. The third-order valence-corrected chi connectivity index (χ3v) is 8.55. The summed E-state index contributed by atoms with van der Waals surface area (Å²) in [5.74, 6) is 1.81. The highest BCUT2D eigenvalue weighted by atomic mass is 16.3. The van der Waals surface area contributed by atoms with Crippen LogP contribution in [0.3, 0.4) is 0 Å². The van der Waals surface area contributed by atoms with Crippen molar-refractivity contribution >= 4 is 43.7 Å². The van der Waals surface area contributed by atoms with Gasteiger partial charge in [-0.25, -0.2) is 4.98 Å². The van der Waals surface area contributed by atoms with E-state index >= 15 is 0 Å². The van der Waals surface area contributed by atoms with Crippen LogP contribution in [0.25, 0.3) is 83.6 Å². The maximum Gasteiger partial charge on any atom is 0.238 e. The number of hydrogen-bond acceptors (Lipinski definition) is 4. The lowest BCUT2D eigenvalue weighted by Gasteiger charge is -2.11. The van der Waals surface area contributed by atoms with Crippen molar-refractivity contribution in [2.45, 2.75) is 6.92 Å². The van der Waals surface area contributed by atoms with Gasteiger partial charge in [-0.1, -0.05) is 103 Å². The van der Waals surface area contributed by atoms with Gasteiger partial charge < -0.3 is 4.42 Å². The number of hydrogen-bond donors (Lipinski definition) is 0. The molecule has 0 radical (unpaired) electrons. The zero-order valence-electron chi connectivity index (χ0n) is 24.5. The van der Waals surface area contributed by atoms with Crippen LogP contribution in [0.1, 0.15) is 5.56 Å². The molecule has 0 amide bonds. The molecule has 0 N–H and O–H groups in total. The van der Waals surface area contributed by atoms with Crippen LogP contribution < -0.4 is 0 Å². The summed E-state index contributed by atoms with van der Waals surface area (Å²) in [5.41, 5.74) is 9.15. The monoisotopic (exact) mass is 578 g/mol. The van der Waals surface area contributed by atoms with Crippen LogP contribution in [0.2, 0.25) is 0 Å². The van der Waals surface area contributed by atoms with Crippen LogP contribution in [0.4, 0.5) is 0 Å². The van der Waals surface area contributed by atoms with E-state index in [-0.39, 0.29) is 0 Å². The van der Waals surface area contributed by atoms with Crippen LogP contribution in [0, 0.1) is 6.92 Å². The van der Waals surface area contributed by atoms with Crippen LogP contribution in [-0.4, -0.2) is 19.5 Å². The number of rotatable bonds is 4. The van der Waals surface area contributed by atoms with E-state index in [2.05, 4.69) is 109 Å². The zero-order chi connectivity index (χ0) is 29.9. The fourth-order valence-corrected chi connectivity index (χ4v) is 6.29. The Morgan fingerprint density at radius 2 is 1.07 bits per heavy atom. The van der Waals surface area contributed by atoms with Crippen molar-refractivity contribution in [1.82, 2.24) is 19.5 Å². The van der Waals surface area contributed by atoms with Crippen LogP contribution in [0.15, 0.2) is 144 Å². The molecular weight excluding hydrogens is 552 g/mol. The Kier molecular flexibility index (Phi) is 5.65. The third kappa shape index (κ3) is 4.20. The molecule has 9 rings (SSSR count). The highest BCUT2D eigenvalue weighted by Gasteiger charge is 2.18. The summed E-state index contributed by atoms with van der Waals surface area (Å²) in [6, 6.07) is 48.1. The smallest absolute Gasteiger partial charge is 0.238 e. The van der Waals surface area contributed by atoms with Crippen LogP contribution in [-0.2, 0) is 0 Å². The summed E-state index contributed by atoms with van der Waals surface area (Å²) in [4.78, 5) is 15.2. The summed E-state index contributed by atoms with van der Waals surface area (Å²) in [5, 5.41) is 4.40. The molecule has 3 heterocycles. The van der Waals surface area contributed by atoms with Crippen molar-refractivity contribution in [2.24, 2.45) is 0 Å². The predicted octanol–water partition coefficient (Wildman–Crippen LogP) is 10.2. The maximum atomic E-state index is 6.34. The van der Waals surface area contributed by atoms with Crippen molar-refractivity contribution in [3.63, 3.8) is 0 Å². The summed E-state index contributed by atoms with van der Waals surface area (Å²) < 4.78 is 8.48. The van der Waals surface area contributed by atoms with Gasteiger partial charge in [0.05, 0.1) is 11.0 Å². The highest BCUT2D eigenvalue weighted by Crippen LogP contribution is 2.36. The number of fused-ring (bicyclic) bond motifs is 6. The Bertz CT molecular complexity index is 2490. The van der Waals surface area contributed by atoms with Crippen molar-refractivity contribution in [2.75, 3.05) is 0 Å². The number of aryl methyl sites for hydroxylation is 1. The minimum atomic E-state index is 0.580.